The number of carbonyl (C=O) groups excluding carboxylic acids is 4. The minimum atomic E-state index is -1.64. The molecule has 0 aliphatic carbocycles. The Morgan fingerprint density at radius 3 is 1.80 bits per heavy atom. The molecule has 2 rings (SSSR count). The van der Waals surface area contributed by atoms with Gasteiger partial charge in [-0.3, -0.25) is 19.2 Å². The molecule has 0 aliphatic heterocycles. The number of carbonyl (C=O) groups is 5. The number of aliphatic carboxylic acids is 1. The summed E-state index contributed by atoms with van der Waals surface area (Å²) in [7, 11) is 0. The first-order chi connectivity index (χ1) is 19.0. The van der Waals surface area contributed by atoms with E-state index in [-0.39, 0.29) is 12.8 Å². The van der Waals surface area contributed by atoms with Crippen LogP contribution >= 0.6 is 0 Å². The lowest BCUT2D eigenvalue weighted by molar-refractivity contribution is -0.144. The number of aliphatic hydroxyl groups excluding tert-OH is 2. The summed E-state index contributed by atoms with van der Waals surface area (Å²) < 4.78 is 0. The lowest BCUT2D eigenvalue weighted by Crippen LogP contribution is -2.58. The number of nitrogens with two attached hydrogens (primary N) is 1. The van der Waals surface area contributed by atoms with Crippen LogP contribution in [-0.2, 0) is 36.8 Å². The van der Waals surface area contributed by atoms with Gasteiger partial charge in [-0.2, -0.15) is 0 Å². The molecule has 13 heteroatoms. The summed E-state index contributed by atoms with van der Waals surface area (Å²) in [4.78, 5) is 61.7. The van der Waals surface area contributed by atoms with Crippen molar-refractivity contribution in [3.8, 4) is 0 Å². The van der Waals surface area contributed by atoms with Gasteiger partial charge in [0, 0.05) is 6.42 Å². The summed E-state index contributed by atoms with van der Waals surface area (Å²) in [5.41, 5.74) is 7.65. The smallest absolute Gasteiger partial charge is 0.328 e. The fraction of sp³-hybridized carbons (Fsp3) is 0.370. The number of aliphatic hydroxyl groups is 2. The van der Waals surface area contributed by atoms with E-state index in [0.717, 1.165) is 11.1 Å². The van der Waals surface area contributed by atoms with Gasteiger partial charge < -0.3 is 42.3 Å². The van der Waals surface area contributed by atoms with Crippen molar-refractivity contribution in [2.75, 3.05) is 13.2 Å². The topological polar surface area (TPSA) is 220 Å². The van der Waals surface area contributed by atoms with Gasteiger partial charge in [-0.25, -0.2) is 4.79 Å². The fourth-order valence-electron chi connectivity index (χ4n) is 3.67. The molecule has 0 spiro atoms. The number of amides is 4. The molecule has 0 bridgehead atoms. The average Bonchev–Trinajstić information content (AvgIpc) is 2.93. The molecule has 0 heterocycles. The van der Waals surface area contributed by atoms with Crippen molar-refractivity contribution in [1.82, 2.24) is 21.3 Å². The average molecular weight is 558 g/mol. The maximum atomic E-state index is 13.0. The summed E-state index contributed by atoms with van der Waals surface area (Å²) in [6, 6.07) is 12.8. The number of nitrogens with one attached hydrogen (secondary N) is 4. The number of carboxylic acid groups (broad SMARTS) is 1. The lowest BCUT2D eigenvalue weighted by Gasteiger charge is -2.23. The highest BCUT2D eigenvalue weighted by atomic mass is 16.4. The maximum absolute atomic E-state index is 13.0. The molecule has 216 valence electrons. The molecule has 2 aromatic carbocycles. The molecular formula is C27H35N5O8. The van der Waals surface area contributed by atoms with Crippen LogP contribution < -0.4 is 27.0 Å². The summed E-state index contributed by atoms with van der Waals surface area (Å²) in [6.07, 6.45) is -1.07. The van der Waals surface area contributed by atoms with Gasteiger partial charge in [0.2, 0.25) is 23.6 Å². The third kappa shape index (κ3) is 10.4. The Morgan fingerprint density at radius 1 is 0.775 bits per heavy atom. The second kappa shape index (κ2) is 15.9. The van der Waals surface area contributed by atoms with Crippen molar-refractivity contribution in [3.05, 3.63) is 71.8 Å². The first kappa shape index (κ1) is 31.9. The number of benzene rings is 2. The Balaban J connectivity index is 2.03. The molecule has 9 N–H and O–H groups in total. The Kier molecular flexibility index (Phi) is 12.7. The molecule has 2 aromatic rings. The monoisotopic (exact) mass is 557 g/mol. The fourth-order valence-corrected chi connectivity index (χ4v) is 3.67. The minimum absolute atomic E-state index is 0.106. The first-order valence-electron chi connectivity index (χ1n) is 12.5. The van der Waals surface area contributed by atoms with E-state index < -0.39 is 73.0 Å². The summed E-state index contributed by atoms with van der Waals surface area (Å²) >= 11 is 0. The van der Waals surface area contributed by atoms with Crippen molar-refractivity contribution in [3.63, 3.8) is 0 Å². The second-order valence-electron chi connectivity index (χ2n) is 9.13. The van der Waals surface area contributed by atoms with Crippen LogP contribution in [0.4, 0.5) is 0 Å². The second-order valence-corrected chi connectivity index (χ2v) is 9.13. The van der Waals surface area contributed by atoms with Crippen LogP contribution in [0.1, 0.15) is 18.1 Å². The quantitative estimate of drug-likeness (QED) is 0.119. The predicted molar refractivity (Wildman–Crippen MR) is 143 cm³/mol. The van der Waals surface area contributed by atoms with Gasteiger partial charge in [0.25, 0.3) is 0 Å². The summed E-state index contributed by atoms with van der Waals surface area (Å²) in [5, 5.41) is 37.2. The van der Waals surface area contributed by atoms with Crippen LogP contribution in [0.25, 0.3) is 0 Å². The van der Waals surface area contributed by atoms with Crippen LogP contribution in [0.3, 0.4) is 0 Å². The van der Waals surface area contributed by atoms with E-state index in [1.807, 2.05) is 35.6 Å². The number of hydrogen-bond acceptors (Lipinski definition) is 8. The van der Waals surface area contributed by atoms with E-state index in [9.17, 15) is 29.1 Å². The zero-order valence-corrected chi connectivity index (χ0v) is 21.9. The number of hydrogen-bond donors (Lipinski definition) is 8. The van der Waals surface area contributed by atoms with Crippen molar-refractivity contribution in [2.45, 2.75) is 50.0 Å². The molecule has 0 saturated heterocycles. The number of rotatable bonds is 15. The van der Waals surface area contributed by atoms with E-state index in [0.29, 0.717) is 0 Å². The third-order valence-electron chi connectivity index (χ3n) is 5.85. The highest BCUT2D eigenvalue weighted by molar-refractivity contribution is 5.94. The van der Waals surface area contributed by atoms with Gasteiger partial charge in [0.15, 0.2) is 0 Å². The molecule has 0 aromatic heterocycles. The van der Waals surface area contributed by atoms with Crippen LogP contribution in [0.15, 0.2) is 60.7 Å². The van der Waals surface area contributed by atoms with E-state index >= 15 is 0 Å². The molecule has 0 saturated carbocycles. The van der Waals surface area contributed by atoms with Gasteiger partial charge in [-0.05, 0) is 24.5 Å². The van der Waals surface area contributed by atoms with Crippen molar-refractivity contribution >= 4 is 29.6 Å². The van der Waals surface area contributed by atoms with Crippen LogP contribution in [0.5, 0.6) is 0 Å². The van der Waals surface area contributed by atoms with E-state index in [1.54, 1.807) is 30.3 Å². The van der Waals surface area contributed by atoms with Crippen molar-refractivity contribution < 1.29 is 39.3 Å². The lowest BCUT2D eigenvalue weighted by atomic mass is 10.0. The van der Waals surface area contributed by atoms with Crippen molar-refractivity contribution in [1.29, 1.82) is 0 Å². The maximum Gasteiger partial charge on any atom is 0.328 e. The highest BCUT2D eigenvalue weighted by Crippen LogP contribution is 2.06. The van der Waals surface area contributed by atoms with Gasteiger partial charge in [0.05, 0.1) is 25.3 Å². The molecule has 0 unspecified atom stereocenters. The zero-order chi connectivity index (χ0) is 29.7. The summed E-state index contributed by atoms with van der Waals surface area (Å²) in [6.45, 7) is -0.321. The Labute approximate surface area is 231 Å². The number of carboxylic acids is 1. The van der Waals surface area contributed by atoms with E-state index in [4.69, 9.17) is 15.9 Å². The molecule has 5 atom stereocenters. The SMILES string of the molecule is C[C@H](O)[C@@H](NC(=O)CNC(=O)[C@@H](Cc1ccccc1)NC(=O)[C@H](N)Cc1ccccc1)C(=O)N[C@H](CO)C(=O)O. The van der Waals surface area contributed by atoms with E-state index in [2.05, 4.69) is 16.0 Å². The Morgan fingerprint density at radius 2 is 1.30 bits per heavy atom. The Hall–Kier alpha value is -4.33. The Bertz CT molecular complexity index is 1150. The van der Waals surface area contributed by atoms with Crippen LogP contribution in [0, 0.1) is 0 Å². The molecule has 4 amide bonds. The largest absolute Gasteiger partial charge is 0.480 e. The van der Waals surface area contributed by atoms with Crippen LogP contribution in [-0.4, -0.2) is 88.3 Å². The molecule has 0 fully saturated rings. The third-order valence-corrected chi connectivity index (χ3v) is 5.85. The van der Waals surface area contributed by atoms with Gasteiger partial charge >= 0.3 is 5.97 Å². The molecular weight excluding hydrogens is 522 g/mol. The minimum Gasteiger partial charge on any atom is -0.480 e. The van der Waals surface area contributed by atoms with Gasteiger partial charge in [-0.1, -0.05) is 60.7 Å². The molecule has 0 aliphatic rings. The normalized spacial score (nSPS) is 14.5. The van der Waals surface area contributed by atoms with Gasteiger partial charge in [0.1, 0.15) is 18.1 Å². The highest BCUT2D eigenvalue weighted by Gasteiger charge is 2.30. The van der Waals surface area contributed by atoms with Crippen LogP contribution in [0.2, 0.25) is 0 Å². The first-order valence-corrected chi connectivity index (χ1v) is 12.5. The van der Waals surface area contributed by atoms with Gasteiger partial charge in [-0.15, -0.1) is 0 Å². The van der Waals surface area contributed by atoms with Crippen molar-refractivity contribution in [2.24, 2.45) is 5.73 Å². The molecule has 40 heavy (non-hydrogen) atoms. The van der Waals surface area contributed by atoms with E-state index in [1.165, 1.54) is 6.92 Å². The zero-order valence-electron chi connectivity index (χ0n) is 21.9. The standard InChI is InChI=1S/C27H35N5O8/c1-16(34)23(26(38)31-21(15-33)27(39)40)32-22(35)14-29-25(37)20(13-18-10-6-3-7-11-18)30-24(36)19(28)12-17-8-4-2-5-9-17/h2-11,16,19-21,23,33-34H,12-15,28H2,1H3,(H,29,37)(H,30,36)(H,31,38)(H,32,35)(H,39,40)/t16-,19+,20+,21+,23+/m0/s1. The molecule has 0 radical (unpaired) electrons. The predicted octanol–water partition coefficient (Wildman–Crippen LogP) is -2.17. The molecule has 13 nitrogen and oxygen atoms in total. The summed E-state index contributed by atoms with van der Waals surface area (Å²) in [5.74, 6) is -4.67.